The van der Waals surface area contributed by atoms with E-state index in [0.29, 0.717) is 6.04 Å². The molecule has 2 aromatic rings. The van der Waals surface area contributed by atoms with Crippen molar-refractivity contribution in [2.45, 2.75) is 58.4 Å². The van der Waals surface area contributed by atoms with Gasteiger partial charge in [0.1, 0.15) is 5.01 Å². The van der Waals surface area contributed by atoms with Gasteiger partial charge in [0.25, 0.3) is 0 Å². The molecule has 0 radical (unpaired) electrons. The van der Waals surface area contributed by atoms with Crippen LogP contribution < -0.4 is 5.32 Å². The summed E-state index contributed by atoms with van der Waals surface area (Å²) in [6.45, 7) is 5.42. The highest BCUT2D eigenvalue weighted by atomic mass is 32.1. The lowest BCUT2D eigenvalue weighted by Gasteiger charge is -2.08. The average Bonchev–Trinajstić information content (AvgIpc) is 3.09. The fraction of sp³-hybridized carbons (Fsp3) is 0.625. The molecule has 1 N–H and O–H groups in total. The molecule has 3 rings (SSSR count). The van der Waals surface area contributed by atoms with Crippen LogP contribution in [0.1, 0.15) is 48.6 Å². The maximum absolute atomic E-state index is 4.40. The minimum absolute atomic E-state index is 0.562. The minimum atomic E-state index is 0.562. The number of rotatable bonds is 6. The van der Waals surface area contributed by atoms with Crippen molar-refractivity contribution < 1.29 is 0 Å². The monoisotopic (exact) mass is 321 g/mol. The Morgan fingerprint density at radius 3 is 2.86 bits per heavy atom. The first-order valence-electron chi connectivity index (χ1n) is 7.90. The van der Waals surface area contributed by atoms with Crippen LogP contribution in [0.25, 0.3) is 9.88 Å². The standard InChI is InChI=1S/C16H23N3S2/c1-11(2)17-9-5-8-15-18-19-16(21-15)14-10-12-6-3-4-7-13(12)20-14/h10-11,17H,3-9H2,1-2H3. The zero-order chi connectivity index (χ0) is 14.7. The number of thiophene rings is 1. The van der Waals surface area contributed by atoms with Gasteiger partial charge in [0, 0.05) is 17.3 Å². The fourth-order valence-electron chi connectivity index (χ4n) is 2.68. The van der Waals surface area contributed by atoms with Crippen LogP contribution in [0.15, 0.2) is 6.07 Å². The van der Waals surface area contributed by atoms with Crippen molar-refractivity contribution in [3.05, 3.63) is 21.5 Å². The molecule has 5 heteroatoms. The van der Waals surface area contributed by atoms with Gasteiger partial charge in [-0.2, -0.15) is 0 Å². The normalized spacial score (nSPS) is 14.6. The van der Waals surface area contributed by atoms with E-state index < -0.39 is 0 Å². The van der Waals surface area contributed by atoms with Gasteiger partial charge in [-0.1, -0.05) is 25.2 Å². The number of hydrogen-bond acceptors (Lipinski definition) is 5. The Balaban J connectivity index is 1.60. The molecule has 21 heavy (non-hydrogen) atoms. The summed E-state index contributed by atoms with van der Waals surface area (Å²) in [5.74, 6) is 0. The van der Waals surface area contributed by atoms with E-state index in [-0.39, 0.29) is 0 Å². The summed E-state index contributed by atoms with van der Waals surface area (Å²) in [6.07, 6.45) is 7.35. The van der Waals surface area contributed by atoms with Crippen molar-refractivity contribution in [2.24, 2.45) is 0 Å². The highest BCUT2D eigenvalue weighted by Crippen LogP contribution is 2.36. The lowest BCUT2D eigenvalue weighted by atomic mass is 9.99. The SMILES string of the molecule is CC(C)NCCCc1nnc(-c2cc3c(s2)CCCC3)s1. The molecule has 0 unspecified atom stereocenters. The first kappa shape index (κ1) is 15.1. The van der Waals surface area contributed by atoms with Crippen molar-refractivity contribution in [3.63, 3.8) is 0 Å². The van der Waals surface area contributed by atoms with Crippen LogP contribution in [0.3, 0.4) is 0 Å². The molecular weight excluding hydrogens is 298 g/mol. The Bertz CT molecular complexity index is 563. The van der Waals surface area contributed by atoms with E-state index >= 15 is 0 Å². The van der Waals surface area contributed by atoms with Crippen molar-refractivity contribution in [1.82, 2.24) is 15.5 Å². The molecule has 2 aromatic heterocycles. The van der Waals surface area contributed by atoms with E-state index in [2.05, 4.69) is 35.4 Å². The number of aryl methyl sites for hydroxylation is 3. The quantitative estimate of drug-likeness (QED) is 0.815. The molecule has 0 bridgehead atoms. The van der Waals surface area contributed by atoms with Gasteiger partial charge >= 0.3 is 0 Å². The van der Waals surface area contributed by atoms with Gasteiger partial charge < -0.3 is 5.32 Å². The van der Waals surface area contributed by atoms with Gasteiger partial charge in [0.2, 0.25) is 0 Å². The second-order valence-electron chi connectivity index (χ2n) is 5.98. The first-order chi connectivity index (χ1) is 10.2. The van der Waals surface area contributed by atoms with Gasteiger partial charge in [-0.25, -0.2) is 0 Å². The Morgan fingerprint density at radius 2 is 2.05 bits per heavy atom. The molecule has 0 aromatic carbocycles. The number of nitrogens with one attached hydrogen (secondary N) is 1. The Labute approximate surface area is 134 Å². The van der Waals surface area contributed by atoms with Crippen molar-refractivity contribution in [2.75, 3.05) is 6.54 Å². The molecule has 0 atom stereocenters. The molecule has 2 heterocycles. The van der Waals surface area contributed by atoms with E-state index in [1.54, 1.807) is 21.8 Å². The van der Waals surface area contributed by atoms with Crippen molar-refractivity contribution >= 4 is 22.7 Å². The van der Waals surface area contributed by atoms with E-state index in [0.717, 1.165) is 24.4 Å². The molecule has 0 spiro atoms. The Morgan fingerprint density at radius 1 is 1.19 bits per heavy atom. The highest BCUT2D eigenvalue weighted by molar-refractivity contribution is 7.21. The molecule has 0 aliphatic heterocycles. The van der Waals surface area contributed by atoms with Crippen LogP contribution in [0.5, 0.6) is 0 Å². The maximum atomic E-state index is 4.40. The predicted molar refractivity (Wildman–Crippen MR) is 91.3 cm³/mol. The third-order valence-corrected chi connectivity index (χ3v) is 6.18. The first-order valence-corrected chi connectivity index (χ1v) is 9.53. The summed E-state index contributed by atoms with van der Waals surface area (Å²) in [7, 11) is 0. The minimum Gasteiger partial charge on any atom is -0.315 e. The molecule has 0 fully saturated rings. The Kier molecular flexibility index (Phi) is 5.03. The van der Waals surface area contributed by atoms with Crippen LogP contribution in [0.2, 0.25) is 0 Å². The van der Waals surface area contributed by atoms with Gasteiger partial charge in [-0.05, 0) is 50.3 Å². The number of aromatic nitrogens is 2. The molecule has 1 aliphatic carbocycles. The largest absolute Gasteiger partial charge is 0.315 e. The highest BCUT2D eigenvalue weighted by Gasteiger charge is 2.16. The van der Waals surface area contributed by atoms with Crippen LogP contribution in [0.4, 0.5) is 0 Å². The van der Waals surface area contributed by atoms with Crippen LogP contribution in [0, 0.1) is 0 Å². The zero-order valence-corrected chi connectivity index (χ0v) is 14.4. The van der Waals surface area contributed by atoms with E-state index in [1.165, 1.54) is 35.6 Å². The fourth-order valence-corrected chi connectivity index (χ4v) is 4.86. The molecule has 0 saturated carbocycles. The summed E-state index contributed by atoms with van der Waals surface area (Å²) < 4.78 is 0. The topological polar surface area (TPSA) is 37.8 Å². The van der Waals surface area contributed by atoms with Gasteiger partial charge in [0.15, 0.2) is 5.01 Å². The van der Waals surface area contributed by atoms with E-state index in [1.807, 2.05) is 11.3 Å². The van der Waals surface area contributed by atoms with Gasteiger partial charge in [-0.15, -0.1) is 21.5 Å². The third-order valence-electron chi connectivity index (χ3n) is 3.79. The van der Waals surface area contributed by atoms with Gasteiger partial charge in [0.05, 0.1) is 4.88 Å². The number of nitrogens with zero attached hydrogens (tertiary/aromatic N) is 2. The van der Waals surface area contributed by atoms with E-state index in [9.17, 15) is 0 Å². The van der Waals surface area contributed by atoms with E-state index in [4.69, 9.17) is 0 Å². The van der Waals surface area contributed by atoms with Crippen LogP contribution >= 0.6 is 22.7 Å². The Hall–Kier alpha value is -0.780. The summed E-state index contributed by atoms with van der Waals surface area (Å²) in [5.41, 5.74) is 1.55. The second-order valence-corrected chi connectivity index (χ2v) is 8.18. The molecule has 1 aliphatic rings. The zero-order valence-electron chi connectivity index (χ0n) is 12.8. The predicted octanol–water partition coefficient (Wildman–Crippen LogP) is 4.08. The van der Waals surface area contributed by atoms with Crippen molar-refractivity contribution in [1.29, 1.82) is 0 Å². The van der Waals surface area contributed by atoms with Crippen LogP contribution in [-0.4, -0.2) is 22.8 Å². The van der Waals surface area contributed by atoms with Gasteiger partial charge in [-0.3, -0.25) is 0 Å². The molecule has 0 amide bonds. The molecule has 0 saturated heterocycles. The number of fused-ring (bicyclic) bond motifs is 1. The summed E-state index contributed by atoms with van der Waals surface area (Å²) in [6, 6.07) is 2.91. The van der Waals surface area contributed by atoms with Crippen molar-refractivity contribution in [3.8, 4) is 9.88 Å². The lowest BCUT2D eigenvalue weighted by molar-refractivity contribution is 0.569. The average molecular weight is 322 g/mol. The molecular formula is C16H23N3S2. The summed E-state index contributed by atoms with van der Waals surface area (Å²) in [5, 5.41) is 14.5. The maximum Gasteiger partial charge on any atom is 0.157 e. The number of hydrogen-bond donors (Lipinski definition) is 1. The molecule has 3 nitrogen and oxygen atoms in total. The molecule has 114 valence electrons. The smallest absolute Gasteiger partial charge is 0.157 e. The lowest BCUT2D eigenvalue weighted by Crippen LogP contribution is -2.23. The third kappa shape index (κ3) is 3.90. The van der Waals surface area contributed by atoms with Crippen LogP contribution in [-0.2, 0) is 19.3 Å². The second kappa shape index (κ2) is 6.99. The summed E-state index contributed by atoms with van der Waals surface area (Å²) in [4.78, 5) is 2.90. The summed E-state index contributed by atoms with van der Waals surface area (Å²) >= 11 is 3.70.